The predicted octanol–water partition coefficient (Wildman–Crippen LogP) is 3.79. The highest BCUT2D eigenvalue weighted by Crippen LogP contribution is 2.41. The van der Waals surface area contributed by atoms with Crippen LogP contribution in [-0.2, 0) is 0 Å². The fourth-order valence-electron chi connectivity index (χ4n) is 4.75. The molecule has 3 aromatic rings. The van der Waals surface area contributed by atoms with E-state index < -0.39 is 0 Å². The van der Waals surface area contributed by atoms with Crippen LogP contribution in [0.4, 0.5) is 0 Å². The Morgan fingerprint density at radius 3 is 2.03 bits per heavy atom. The molecule has 0 saturated carbocycles. The number of piperazine rings is 1. The Bertz CT molecular complexity index is 1010. The second kappa shape index (κ2) is 7.68. The molecule has 5 rings (SSSR count). The van der Waals surface area contributed by atoms with Gasteiger partial charge in [-0.05, 0) is 17.2 Å². The Labute approximate surface area is 177 Å². The minimum Gasteiger partial charge on any atom is -0.323 e. The summed E-state index contributed by atoms with van der Waals surface area (Å²) in [4.78, 5) is 1.63. The lowest BCUT2D eigenvalue weighted by molar-refractivity contribution is -0.929. The molecule has 29 heavy (non-hydrogen) atoms. The molecule has 0 spiro atoms. The molecule has 1 saturated heterocycles. The number of hydrogen-bond donors (Lipinski definition) is 2. The van der Waals surface area contributed by atoms with Crippen molar-refractivity contribution in [3.05, 3.63) is 101 Å². The van der Waals surface area contributed by atoms with Crippen molar-refractivity contribution in [1.29, 1.82) is 0 Å². The third kappa shape index (κ3) is 3.36. The zero-order chi connectivity index (χ0) is 19.8. The zero-order valence-corrected chi connectivity index (χ0v) is 17.1. The highest BCUT2D eigenvalue weighted by molar-refractivity contribution is 6.32. The number of hydrogen-bond acceptors (Lipinski definition) is 2. The molecule has 3 aromatic carbocycles. The summed E-state index contributed by atoms with van der Waals surface area (Å²) < 4.78 is 0. The van der Waals surface area contributed by atoms with Crippen molar-refractivity contribution in [1.82, 2.24) is 10.4 Å². The fourth-order valence-corrected chi connectivity index (χ4v) is 5.00. The van der Waals surface area contributed by atoms with Crippen LogP contribution in [-0.4, -0.2) is 31.2 Å². The SMILES string of the molecule is C=C(NN1CC[NH+](C2c3ccccc3-c3ccccc32)CC1)c1ccccc1Cl. The number of benzene rings is 3. The zero-order valence-electron chi connectivity index (χ0n) is 16.4. The molecule has 0 aromatic heterocycles. The molecule has 4 heteroatoms. The molecular formula is C25H25ClN3+. The summed E-state index contributed by atoms with van der Waals surface area (Å²) in [5, 5.41) is 3.00. The maximum absolute atomic E-state index is 6.32. The van der Waals surface area contributed by atoms with E-state index in [0.717, 1.165) is 42.5 Å². The van der Waals surface area contributed by atoms with Crippen LogP contribution >= 0.6 is 11.6 Å². The molecule has 0 atom stereocenters. The number of nitrogens with zero attached hydrogens (tertiary/aromatic N) is 1. The van der Waals surface area contributed by atoms with Crippen LogP contribution in [0.1, 0.15) is 22.7 Å². The second-order valence-electron chi connectivity index (χ2n) is 7.82. The third-order valence-corrected chi connectivity index (χ3v) is 6.47. The molecule has 1 fully saturated rings. The lowest BCUT2D eigenvalue weighted by atomic mass is 10.0. The number of fused-ring (bicyclic) bond motifs is 3. The van der Waals surface area contributed by atoms with Crippen molar-refractivity contribution in [3.8, 4) is 11.1 Å². The van der Waals surface area contributed by atoms with E-state index >= 15 is 0 Å². The highest BCUT2D eigenvalue weighted by atomic mass is 35.5. The van der Waals surface area contributed by atoms with Gasteiger partial charge in [-0.2, -0.15) is 0 Å². The molecule has 0 radical (unpaired) electrons. The Morgan fingerprint density at radius 1 is 0.862 bits per heavy atom. The fraction of sp³-hybridized carbons (Fsp3) is 0.200. The van der Waals surface area contributed by atoms with E-state index in [4.69, 9.17) is 11.6 Å². The summed E-state index contributed by atoms with van der Waals surface area (Å²) in [7, 11) is 0. The molecule has 0 bridgehead atoms. The normalized spacial score (nSPS) is 17.0. The standard InChI is InChI=1S/C25H24ClN3/c1-18(19-8-6-7-13-24(19)26)27-29-16-14-28(15-17-29)25-22-11-4-2-9-20(22)21-10-3-5-12-23(21)25/h2-13,25,27H,1,14-17H2/p+1. The van der Waals surface area contributed by atoms with Crippen LogP contribution in [0.2, 0.25) is 5.02 Å². The lowest BCUT2D eigenvalue weighted by Gasteiger charge is -2.36. The highest BCUT2D eigenvalue weighted by Gasteiger charge is 2.37. The third-order valence-electron chi connectivity index (χ3n) is 6.14. The van der Waals surface area contributed by atoms with Crippen LogP contribution in [0.5, 0.6) is 0 Å². The molecule has 2 aliphatic rings. The van der Waals surface area contributed by atoms with E-state index in [9.17, 15) is 0 Å². The van der Waals surface area contributed by atoms with Crippen LogP contribution in [0.25, 0.3) is 16.8 Å². The first-order valence-electron chi connectivity index (χ1n) is 10.2. The van der Waals surface area contributed by atoms with E-state index in [0.29, 0.717) is 6.04 Å². The van der Waals surface area contributed by atoms with Gasteiger partial charge in [0, 0.05) is 21.7 Å². The van der Waals surface area contributed by atoms with Crippen molar-refractivity contribution in [3.63, 3.8) is 0 Å². The molecular weight excluding hydrogens is 378 g/mol. The maximum atomic E-state index is 6.32. The van der Waals surface area contributed by atoms with Gasteiger partial charge >= 0.3 is 0 Å². The summed E-state index contributed by atoms with van der Waals surface area (Å²) in [6.45, 7) is 8.29. The van der Waals surface area contributed by atoms with Crippen LogP contribution in [0, 0.1) is 0 Å². The van der Waals surface area contributed by atoms with Gasteiger partial charge in [0.15, 0.2) is 0 Å². The second-order valence-corrected chi connectivity index (χ2v) is 8.23. The first-order valence-corrected chi connectivity index (χ1v) is 10.6. The van der Waals surface area contributed by atoms with E-state index in [1.54, 1.807) is 4.90 Å². The molecule has 1 aliphatic carbocycles. The maximum Gasteiger partial charge on any atom is 0.140 e. The monoisotopic (exact) mass is 402 g/mol. The summed E-state index contributed by atoms with van der Waals surface area (Å²) >= 11 is 6.32. The van der Waals surface area contributed by atoms with Crippen molar-refractivity contribution < 1.29 is 4.90 Å². The van der Waals surface area contributed by atoms with Crippen LogP contribution < -0.4 is 10.3 Å². The Hall–Kier alpha value is -2.59. The number of nitrogens with one attached hydrogen (secondary N) is 2. The predicted molar refractivity (Wildman–Crippen MR) is 120 cm³/mol. The first-order chi connectivity index (χ1) is 14.2. The van der Waals surface area contributed by atoms with Gasteiger partial charge in [0.1, 0.15) is 6.04 Å². The number of halogens is 1. The van der Waals surface area contributed by atoms with Gasteiger partial charge in [-0.3, -0.25) is 0 Å². The van der Waals surface area contributed by atoms with Crippen molar-refractivity contribution >= 4 is 17.3 Å². The van der Waals surface area contributed by atoms with E-state index in [1.807, 2.05) is 24.3 Å². The molecule has 1 heterocycles. The van der Waals surface area contributed by atoms with Crippen molar-refractivity contribution in [2.75, 3.05) is 26.2 Å². The molecule has 1 aliphatic heterocycles. The number of quaternary nitrogens is 1. The van der Waals surface area contributed by atoms with Gasteiger partial charge in [0.05, 0.1) is 31.9 Å². The summed E-state index contributed by atoms with van der Waals surface area (Å²) in [5.74, 6) is 0. The number of rotatable bonds is 4. The van der Waals surface area contributed by atoms with Gasteiger partial charge in [-0.25, -0.2) is 5.01 Å². The summed E-state index contributed by atoms with van der Waals surface area (Å²) in [5.41, 5.74) is 11.0. The molecule has 3 nitrogen and oxygen atoms in total. The van der Waals surface area contributed by atoms with E-state index in [1.165, 1.54) is 22.3 Å². The van der Waals surface area contributed by atoms with Crippen LogP contribution in [0.3, 0.4) is 0 Å². The van der Waals surface area contributed by atoms with E-state index in [2.05, 4.69) is 65.5 Å². The van der Waals surface area contributed by atoms with E-state index in [-0.39, 0.29) is 0 Å². The Balaban J connectivity index is 1.30. The summed E-state index contributed by atoms with van der Waals surface area (Å²) in [6, 6.07) is 26.0. The van der Waals surface area contributed by atoms with Gasteiger partial charge < -0.3 is 10.3 Å². The van der Waals surface area contributed by atoms with Gasteiger partial charge in [0.2, 0.25) is 0 Å². The summed E-state index contributed by atoms with van der Waals surface area (Å²) in [6.07, 6.45) is 0. The molecule has 146 valence electrons. The average Bonchev–Trinajstić information content (AvgIpc) is 3.09. The first kappa shape index (κ1) is 18.4. The lowest BCUT2D eigenvalue weighted by Crippen LogP contribution is -3.15. The quantitative estimate of drug-likeness (QED) is 0.692. The molecule has 0 unspecified atom stereocenters. The minimum atomic E-state index is 0.427. The van der Waals surface area contributed by atoms with Crippen molar-refractivity contribution in [2.45, 2.75) is 6.04 Å². The topological polar surface area (TPSA) is 19.7 Å². The smallest absolute Gasteiger partial charge is 0.140 e. The Kier molecular flexibility index (Phi) is 4.88. The largest absolute Gasteiger partial charge is 0.323 e. The Morgan fingerprint density at radius 2 is 1.41 bits per heavy atom. The number of hydrazine groups is 1. The molecule has 0 amide bonds. The molecule has 2 N–H and O–H groups in total. The van der Waals surface area contributed by atoms with Crippen molar-refractivity contribution in [2.24, 2.45) is 0 Å². The van der Waals surface area contributed by atoms with Crippen LogP contribution in [0.15, 0.2) is 79.4 Å². The van der Waals surface area contributed by atoms with Gasteiger partial charge in [-0.1, -0.05) is 84.9 Å². The minimum absolute atomic E-state index is 0.427. The average molecular weight is 403 g/mol. The van der Waals surface area contributed by atoms with Gasteiger partial charge in [-0.15, -0.1) is 0 Å². The van der Waals surface area contributed by atoms with Gasteiger partial charge in [0.25, 0.3) is 0 Å².